The molecule has 21 heavy (non-hydrogen) atoms. The monoisotopic (exact) mass is 309 g/mol. The number of amides is 1. The van der Waals surface area contributed by atoms with Crippen molar-refractivity contribution in [1.29, 1.82) is 0 Å². The molecular formula is C15H20ClN3O2. The molecule has 114 valence electrons. The second kappa shape index (κ2) is 6.20. The van der Waals surface area contributed by atoms with Crippen LogP contribution in [-0.2, 0) is 4.74 Å². The number of halogens is 1. The Morgan fingerprint density at radius 3 is 3.05 bits per heavy atom. The van der Waals surface area contributed by atoms with Gasteiger partial charge in [-0.15, -0.1) is 0 Å². The van der Waals surface area contributed by atoms with Crippen molar-refractivity contribution < 1.29 is 9.53 Å². The fraction of sp³-hybridized carbons (Fsp3) is 0.600. The molecule has 3 rings (SSSR count). The molecule has 2 unspecified atom stereocenters. The third kappa shape index (κ3) is 2.85. The molecule has 1 aromatic heterocycles. The molecule has 1 aromatic rings. The van der Waals surface area contributed by atoms with Crippen molar-refractivity contribution in [3.63, 3.8) is 0 Å². The highest BCUT2D eigenvalue weighted by molar-refractivity contribution is 6.33. The summed E-state index contributed by atoms with van der Waals surface area (Å²) in [6, 6.07) is 1.89. The average molecular weight is 310 g/mol. The summed E-state index contributed by atoms with van der Waals surface area (Å²) in [4.78, 5) is 18.9. The lowest BCUT2D eigenvalue weighted by Crippen LogP contribution is -2.54. The molecule has 0 spiro atoms. The van der Waals surface area contributed by atoms with E-state index in [1.54, 1.807) is 19.3 Å². The molecule has 2 heterocycles. The van der Waals surface area contributed by atoms with Gasteiger partial charge in [0.15, 0.2) is 0 Å². The highest BCUT2D eigenvalue weighted by Gasteiger charge is 2.37. The van der Waals surface area contributed by atoms with Gasteiger partial charge in [0.1, 0.15) is 5.82 Å². The zero-order chi connectivity index (χ0) is 14.8. The average Bonchev–Trinajstić information content (AvgIpc) is 2.53. The maximum atomic E-state index is 12.8. The van der Waals surface area contributed by atoms with E-state index in [1.165, 1.54) is 6.42 Å². The van der Waals surface area contributed by atoms with Crippen molar-refractivity contribution >= 4 is 23.3 Å². The summed E-state index contributed by atoms with van der Waals surface area (Å²) >= 11 is 6.13. The number of anilines is 1. The minimum atomic E-state index is 0.00672. The van der Waals surface area contributed by atoms with E-state index < -0.39 is 0 Å². The number of hydrogen-bond acceptors (Lipinski definition) is 4. The molecule has 2 atom stereocenters. The van der Waals surface area contributed by atoms with Crippen molar-refractivity contribution in [2.24, 2.45) is 0 Å². The van der Waals surface area contributed by atoms with Crippen LogP contribution in [0.15, 0.2) is 12.3 Å². The number of aromatic nitrogens is 1. The molecule has 1 saturated carbocycles. The topological polar surface area (TPSA) is 54.5 Å². The summed E-state index contributed by atoms with van der Waals surface area (Å²) in [6.07, 6.45) is 6.20. The molecule has 6 heteroatoms. The summed E-state index contributed by atoms with van der Waals surface area (Å²) in [7, 11) is 1.75. The number of ether oxygens (including phenoxy) is 1. The summed E-state index contributed by atoms with van der Waals surface area (Å²) < 4.78 is 5.81. The predicted octanol–water partition coefficient (Wildman–Crippen LogP) is 2.56. The van der Waals surface area contributed by atoms with Crippen LogP contribution in [0.25, 0.3) is 0 Å². The van der Waals surface area contributed by atoms with Gasteiger partial charge < -0.3 is 15.0 Å². The van der Waals surface area contributed by atoms with Gasteiger partial charge in [-0.2, -0.15) is 0 Å². The maximum Gasteiger partial charge on any atom is 0.255 e. The molecular weight excluding hydrogens is 290 g/mol. The fourth-order valence-corrected chi connectivity index (χ4v) is 3.51. The van der Waals surface area contributed by atoms with Crippen LogP contribution in [0, 0.1) is 0 Å². The van der Waals surface area contributed by atoms with E-state index in [9.17, 15) is 4.79 Å². The van der Waals surface area contributed by atoms with E-state index in [2.05, 4.69) is 10.3 Å². The van der Waals surface area contributed by atoms with Gasteiger partial charge in [-0.05, 0) is 18.9 Å². The Labute approximate surface area is 129 Å². The third-order valence-corrected chi connectivity index (χ3v) is 4.61. The lowest BCUT2D eigenvalue weighted by Gasteiger charge is -2.43. The molecule has 0 radical (unpaired) electrons. The van der Waals surface area contributed by atoms with Crippen LogP contribution < -0.4 is 5.32 Å². The molecule has 5 nitrogen and oxygen atoms in total. The van der Waals surface area contributed by atoms with Gasteiger partial charge >= 0.3 is 0 Å². The minimum absolute atomic E-state index is 0.00672. The highest BCUT2D eigenvalue weighted by Crippen LogP contribution is 2.30. The second-order valence-electron chi connectivity index (χ2n) is 5.56. The number of morpholine rings is 1. The number of fused-ring (bicyclic) bond motifs is 1. The Balaban J connectivity index is 1.81. The first-order valence-corrected chi connectivity index (χ1v) is 7.84. The first-order valence-electron chi connectivity index (χ1n) is 7.46. The Morgan fingerprint density at radius 2 is 2.29 bits per heavy atom. The molecule has 2 fully saturated rings. The molecule has 1 aliphatic carbocycles. The number of rotatable bonds is 2. The maximum absolute atomic E-state index is 12.8. The number of nitrogens with one attached hydrogen (secondary N) is 1. The Morgan fingerprint density at radius 1 is 1.48 bits per heavy atom. The molecule has 2 aliphatic rings. The van der Waals surface area contributed by atoms with Crippen LogP contribution in [0.4, 0.5) is 5.82 Å². The quantitative estimate of drug-likeness (QED) is 0.912. The second-order valence-corrected chi connectivity index (χ2v) is 5.97. The summed E-state index contributed by atoms with van der Waals surface area (Å²) in [5.41, 5.74) is 0.547. The lowest BCUT2D eigenvalue weighted by molar-refractivity contribution is -0.0752. The Bertz CT molecular complexity index is 536. The van der Waals surface area contributed by atoms with Gasteiger partial charge in [0.05, 0.1) is 29.3 Å². The van der Waals surface area contributed by atoms with E-state index in [1.807, 2.05) is 4.90 Å². The molecule has 1 N–H and O–H groups in total. The van der Waals surface area contributed by atoms with Crippen molar-refractivity contribution in [1.82, 2.24) is 9.88 Å². The van der Waals surface area contributed by atoms with Gasteiger partial charge in [0.2, 0.25) is 0 Å². The number of pyridine rings is 1. The van der Waals surface area contributed by atoms with E-state index in [0.29, 0.717) is 29.6 Å². The summed E-state index contributed by atoms with van der Waals surface area (Å²) in [6.45, 7) is 1.26. The van der Waals surface area contributed by atoms with E-state index in [-0.39, 0.29) is 18.1 Å². The van der Waals surface area contributed by atoms with Crippen LogP contribution in [0.2, 0.25) is 5.02 Å². The number of nitrogens with zero attached hydrogens (tertiary/aromatic N) is 2. The third-order valence-electron chi connectivity index (χ3n) is 4.32. The van der Waals surface area contributed by atoms with Crippen molar-refractivity contribution in [3.8, 4) is 0 Å². The standard InChI is InChI=1S/C15H20ClN3O2/c1-17-14-11(16)8-10(9-18-14)15(20)19-6-7-21-13-5-3-2-4-12(13)19/h8-9,12-13H,2-7H2,1H3,(H,17,18). The zero-order valence-electron chi connectivity index (χ0n) is 12.1. The summed E-state index contributed by atoms with van der Waals surface area (Å²) in [5, 5.41) is 3.37. The van der Waals surface area contributed by atoms with E-state index >= 15 is 0 Å². The van der Waals surface area contributed by atoms with Gasteiger partial charge in [0.25, 0.3) is 5.91 Å². The first-order chi connectivity index (χ1) is 10.2. The molecule has 1 saturated heterocycles. The first kappa shape index (κ1) is 14.6. The number of hydrogen-bond donors (Lipinski definition) is 1. The smallest absolute Gasteiger partial charge is 0.255 e. The van der Waals surface area contributed by atoms with Gasteiger partial charge in [-0.3, -0.25) is 4.79 Å². The van der Waals surface area contributed by atoms with Crippen molar-refractivity contribution in [2.45, 2.75) is 37.8 Å². The Kier molecular flexibility index (Phi) is 4.31. The van der Waals surface area contributed by atoms with Gasteiger partial charge in [-0.25, -0.2) is 4.98 Å². The molecule has 1 amide bonds. The number of carbonyl (C=O) groups excluding carboxylic acids is 1. The van der Waals surface area contributed by atoms with Crippen LogP contribution in [-0.4, -0.2) is 48.1 Å². The van der Waals surface area contributed by atoms with Crippen LogP contribution in [0.1, 0.15) is 36.0 Å². The normalized spacial score (nSPS) is 25.3. The van der Waals surface area contributed by atoms with Crippen molar-refractivity contribution in [3.05, 3.63) is 22.8 Å². The van der Waals surface area contributed by atoms with Crippen LogP contribution in [0.3, 0.4) is 0 Å². The van der Waals surface area contributed by atoms with Crippen LogP contribution >= 0.6 is 11.6 Å². The fourth-order valence-electron chi connectivity index (χ4n) is 3.25. The van der Waals surface area contributed by atoms with Crippen molar-refractivity contribution in [2.75, 3.05) is 25.5 Å². The van der Waals surface area contributed by atoms with Gasteiger partial charge in [-0.1, -0.05) is 24.4 Å². The molecule has 0 aromatic carbocycles. The lowest BCUT2D eigenvalue weighted by atomic mass is 9.90. The zero-order valence-corrected chi connectivity index (χ0v) is 12.9. The molecule has 1 aliphatic heterocycles. The van der Waals surface area contributed by atoms with Crippen LogP contribution in [0.5, 0.6) is 0 Å². The van der Waals surface area contributed by atoms with E-state index in [4.69, 9.17) is 16.3 Å². The molecule has 0 bridgehead atoms. The SMILES string of the molecule is CNc1ncc(C(=O)N2CCOC3CCCCC32)cc1Cl. The number of carbonyl (C=O) groups is 1. The van der Waals surface area contributed by atoms with Gasteiger partial charge in [0, 0.05) is 19.8 Å². The Hall–Kier alpha value is -1.33. The highest BCUT2D eigenvalue weighted by atomic mass is 35.5. The minimum Gasteiger partial charge on any atom is -0.374 e. The summed E-state index contributed by atoms with van der Waals surface area (Å²) in [5.74, 6) is 0.595. The van der Waals surface area contributed by atoms with E-state index in [0.717, 1.165) is 19.3 Å². The largest absolute Gasteiger partial charge is 0.374 e. The predicted molar refractivity (Wildman–Crippen MR) is 81.8 cm³/mol.